The number of allylic oxidation sites excluding steroid dienone is 3. The van der Waals surface area contributed by atoms with Gasteiger partial charge in [-0.05, 0) is 43.2 Å². The van der Waals surface area contributed by atoms with Gasteiger partial charge in [0.15, 0.2) is 0 Å². The minimum Gasteiger partial charge on any atom is -0.456 e. The predicted octanol–water partition coefficient (Wildman–Crippen LogP) is 3.23. The van der Waals surface area contributed by atoms with Crippen molar-refractivity contribution in [3.63, 3.8) is 0 Å². The van der Waals surface area contributed by atoms with Crippen molar-refractivity contribution in [1.29, 1.82) is 0 Å². The molecule has 0 saturated carbocycles. The molecule has 0 unspecified atom stereocenters. The first-order valence-corrected chi connectivity index (χ1v) is 5.65. The molecule has 1 heteroatoms. The lowest BCUT2D eigenvalue weighted by atomic mass is 10.0. The van der Waals surface area contributed by atoms with Gasteiger partial charge < -0.3 is 4.42 Å². The quantitative estimate of drug-likeness (QED) is 0.714. The van der Waals surface area contributed by atoms with E-state index in [9.17, 15) is 0 Å². The van der Waals surface area contributed by atoms with Crippen molar-refractivity contribution in [2.24, 2.45) is 0 Å². The van der Waals surface area contributed by atoms with Crippen molar-refractivity contribution < 1.29 is 4.42 Å². The molecule has 0 atom stereocenters. The highest BCUT2D eigenvalue weighted by Gasteiger charge is 2.03. The van der Waals surface area contributed by atoms with Gasteiger partial charge >= 0.3 is 0 Å². The third-order valence-electron chi connectivity index (χ3n) is 2.91. The number of benzene rings is 1. The molecule has 0 saturated heterocycles. The molecule has 1 aromatic heterocycles. The van der Waals surface area contributed by atoms with E-state index in [1.54, 1.807) is 6.08 Å². The third-order valence-corrected chi connectivity index (χ3v) is 2.91. The van der Waals surface area contributed by atoms with Crippen LogP contribution in [0.4, 0.5) is 0 Å². The van der Waals surface area contributed by atoms with Gasteiger partial charge in [-0.2, -0.15) is 0 Å². The molecule has 1 nitrogen and oxygen atoms in total. The first-order chi connectivity index (χ1) is 8.17. The molecular weight excluding hydrogens is 208 g/mol. The van der Waals surface area contributed by atoms with Gasteiger partial charge in [-0.15, -0.1) is 0 Å². The summed E-state index contributed by atoms with van der Waals surface area (Å²) in [5.74, 6) is 0. The Morgan fingerprint density at radius 3 is 2.76 bits per heavy atom. The normalized spacial score (nSPS) is 13.3. The van der Waals surface area contributed by atoms with Crippen LogP contribution in [0, 0.1) is 0 Å². The maximum absolute atomic E-state index is 5.69. The van der Waals surface area contributed by atoms with E-state index in [-0.39, 0.29) is 0 Å². The van der Waals surface area contributed by atoms with Crippen LogP contribution >= 0.6 is 0 Å². The van der Waals surface area contributed by atoms with E-state index in [0.717, 1.165) is 21.6 Å². The van der Waals surface area contributed by atoms with Crippen LogP contribution in [0.5, 0.6) is 0 Å². The van der Waals surface area contributed by atoms with E-state index >= 15 is 0 Å². The van der Waals surface area contributed by atoms with Crippen molar-refractivity contribution in [1.82, 2.24) is 0 Å². The van der Waals surface area contributed by atoms with Crippen molar-refractivity contribution in [2.45, 2.75) is 13.8 Å². The summed E-state index contributed by atoms with van der Waals surface area (Å²) in [6.45, 7) is 11.8. The Morgan fingerprint density at radius 1 is 1.35 bits per heavy atom. The summed E-state index contributed by atoms with van der Waals surface area (Å²) in [7, 11) is 0. The number of hydrogen-bond acceptors (Lipinski definition) is 1. The van der Waals surface area contributed by atoms with Crippen LogP contribution in [-0.2, 0) is 0 Å². The summed E-state index contributed by atoms with van der Waals surface area (Å²) in [5, 5.41) is 2.03. The van der Waals surface area contributed by atoms with E-state index in [2.05, 4.69) is 32.2 Å². The molecule has 17 heavy (non-hydrogen) atoms. The fourth-order valence-corrected chi connectivity index (χ4v) is 1.92. The van der Waals surface area contributed by atoms with E-state index in [0.29, 0.717) is 0 Å². The van der Waals surface area contributed by atoms with E-state index < -0.39 is 0 Å². The summed E-state index contributed by atoms with van der Waals surface area (Å²) in [5.41, 5.74) is 4.09. The maximum atomic E-state index is 5.69. The molecule has 2 aromatic rings. The van der Waals surface area contributed by atoms with Crippen LogP contribution in [0.3, 0.4) is 0 Å². The molecular formula is C16H16O. The van der Waals surface area contributed by atoms with Gasteiger partial charge in [0.2, 0.25) is 0 Å². The fourth-order valence-electron chi connectivity index (χ4n) is 1.92. The molecule has 0 bridgehead atoms. The standard InChI is InChI=1S/C16H16O/c1-5-7-11(3)13-8-9-16-14(10-13)12(4)15(6-2)17-16/h5-10H,1,4H2,2-3H3/b11-7+,15-6+. The van der Waals surface area contributed by atoms with Gasteiger partial charge in [-0.3, -0.25) is 0 Å². The lowest BCUT2D eigenvalue weighted by Gasteiger charge is -1.99. The van der Waals surface area contributed by atoms with Gasteiger partial charge in [-0.1, -0.05) is 31.4 Å². The van der Waals surface area contributed by atoms with Crippen LogP contribution < -0.4 is 10.6 Å². The topological polar surface area (TPSA) is 13.1 Å². The molecule has 0 aliphatic carbocycles. The van der Waals surface area contributed by atoms with Crippen molar-refractivity contribution in [3.8, 4) is 0 Å². The lowest BCUT2D eigenvalue weighted by Crippen LogP contribution is -2.17. The predicted molar refractivity (Wildman–Crippen MR) is 75.0 cm³/mol. The summed E-state index contributed by atoms with van der Waals surface area (Å²) >= 11 is 0. The first kappa shape index (κ1) is 11.5. The molecule has 0 fully saturated rings. The molecule has 86 valence electrons. The summed E-state index contributed by atoms with van der Waals surface area (Å²) in [6.07, 6.45) is 5.73. The Labute approximate surface area is 101 Å². The lowest BCUT2D eigenvalue weighted by molar-refractivity contribution is 0.575. The summed E-state index contributed by atoms with van der Waals surface area (Å²) in [6, 6.07) is 6.16. The van der Waals surface area contributed by atoms with Gasteiger partial charge in [0.25, 0.3) is 0 Å². The van der Waals surface area contributed by atoms with Gasteiger partial charge in [0, 0.05) is 10.6 Å². The highest BCUT2D eigenvalue weighted by atomic mass is 16.3. The molecule has 0 spiro atoms. The highest BCUT2D eigenvalue weighted by Crippen LogP contribution is 2.18. The van der Waals surface area contributed by atoms with Gasteiger partial charge in [0.05, 0.1) is 0 Å². The molecule has 1 heterocycles. The molecule has 0 amide bonds. The average Bonchev–Trinajstić information content (AvgIpc) is 2.66. The van der Waals surface area contributed by atoms with Crippen LogP contribution in [-0.4, -0.2) is 0 Å². The Hall–Kier alpha value is -2.02. The van der Waals surface area contributed by atoms with Crippen molar-refractivity contribution in [2.75, 3.05) is 0 Å². The Morgan fingerprint density at radius 2 is 2.12 bits per heavy atom. The molecule has 0 N–H and O–H groups in total. The smallest absolute Gasteiger partial charge is 0.135 e. The average molecular weight is 224 g/mol. The Kier molecular flexibility index (Phi) is 3.01. The second kappa shape index (κ2) is 4.46. The molecule has 1 aromatic carbocycles. The minimum atomic E-state index is 0.850. The second-order valence-electron chi connectivity index (χ2n) is 4.03. The largest absolute Gasteiger partial charge is 0.456 e. The molecule has 0 aliphatic heterocycles. The number of rotatable bonds is 2. The van der Waals surface area contributed by atoms with Crippen LogP contribution in [0.15, 0.2) is 41.3 Å². The zero-order valence-electron chi connectivity index (χ0n) is 10.3. The van der Waals surface area contributed by atoms with E-state index in [1.165, 1.54) is 11.1 Å². The maximum Gasteiger partial charge on any atom is 0.135 e. The minimum absolute atomic E-state index is 0.850. The van der Waals surface area contributed by atoms with Crippen molar-refractivity contribution in [3.05, 3.63) is 53.1 Å². The monoisotopic (exact) mass is 224 g/mol. The highest BCUT2D eigenvalue weighted by molar-refractivity contribution is 5.83. The van der Waals surface area contributed by atoms with Crippen LogP contribution in [0.2, 0.25) is 0 Å². The third kappa shape index (κ3) is 1.96. The number of furan rings is 1. The summed E-state index contributed by atoms with van der Waals surface area (Å²) < 4.78 is 5.69. The first-order valence-electron chi connectivity index (χ1n) is 5.65. The van der Waals surface area contributed by atoms with Crippen LogP contribution in [0.25, 0.3) is 29.2 Å². The summed E-state index contributed by atoms with van der Waals surface area (Å²) in [4.78, 5) is 0. The number of fused-ring (bicyclic) bond motifs is 1. The van der Waals surface area contributed by atoms with Crippen LogP contribution in [0.1, 0.15) is 19.4 Å². The zero-order chi connectivity index (χ0) is 12.4. The van der Waals surface area contributed by atoms with E-state index in [4.69, 9.17) is 4.42 Å². The van der Waals surface area contributed by atoms with E-state index in [1.807, 2.05) is 25.1 Å². The SMILES string of the molecule is C=C/C=C(\C)c1ccc2o/c(=C/C)c(=C)c2c1. The molecule has 2 rings (SSSR count). The fraction of sp³-hybridized carbons (Fsp3) is 0.125. The van der Waals surface area contributed by atoms with Crippen molar-refractivity contribution >= 4 is 29.2 Å². The molecule has 0 aliphatic rings. The van der Waals surface area contributed by atoms with Gasteiger partial charge in [-0.25, -0.2) is 0 Å². The van der Waals surface area contributed by atoms with Gasteiger partial charge in [0.1, 0.15) is 11.0 Å². The second-order valence-corrected chi connectivity index (χ2v) is 4.03. The Balaban J connectivity index is 2.74. The zero-order valence-corrected chi connectivity index (χ0v) is 10.3. The Bertz CT molecular complexity index is 699. The number of hydrogen-bond donors (Lipinski definition) is 0. The molecule has 0 radical (unpaired) electrons.